The molecule has 6 nitrogen and oxygen atoms in total. The fourth-order valence-electron chi connectivity index (χ4n) is 2.56. The molecule has 1 N–H and O–H groups in total. The Morgan fingerprint density at radius 3 is 2.61 bits per heavy atom. The maximum absolute atomic E-state index is 12.1. The number of hydrogen-bond acceptors (Lipinski definition) is 6. The van der Waals surface area contributed by atoms with Crippen LogP contribution in [-0.4, -0.2) is 39.2 Å². The third-order valence-electron chi connectivity index (χ3n) is 3.63. The van der Waals surface area contributed by atoms with Gasteiger partial charge in [-0.3, -0.25) is 5.32 Å². The highest BCUT2D eigenvalue weighted by atomic mass is 32.2. The van der Waals surface area contributed by atoms with Crippen LogP contribution >= 0.6 is 11.8 Å². The number of piperidine rings is 1. The maximum Gasteiger partial charge on any atom is 0.183 e. The SMILES string of the molecule is CSC(=Nc1ccc(S(C)(=O)=O)c(N2CCCCC2)c1)NC#N. The molecule has 1 aromatic rings. The lowest BCUT2D eigenvalue weighted by atomic mass is 10.1. The molecular formula is C15H20N4O2S2. The number of amidine groups is 1. The van der Waals surface area contributed by atoms with Crippen LogP contribution in [0.25, 0.3) is 0 Å². The standard InChI is InChI=1S/C15H20N4O2S2/c1-22-15(17-11-16)18-12-6-7-14(23(2,20)21)13(10-12)19-8-4-3-5-9-19/h6-7,10H,3-5,8-9H2,1-2H3,(H,17,18). The molecule has 124 valence electrons. The molecule has 0 saturated carbocycles. The Morgan fingerprint density at radius 1 is 1.35 bits per heavy atom. The molecule has 23 heavy (non-hydrogen) atoms. The summed E-state index contributed by atoms with van der Waals surface area (Å²) < 4.78 is 24.1. The van der Waals surface area contributed by atoms with Gasteiger partial charge in [0.15, 0.2) is 21.2 Å². The molecule has 0 radical (unpaired) electrons. The van der Waals surface area contributed by atoms with Gasteiger partial charge >= 0.3 is 0 Å². The van der Waals surface area contributed by atoms with Crippen molar-refractivity contribution in [2.75, 3.05) is 30.5 Å². The molecule has 0 spiro atoms. The number of benzene rings is 1. The summed E-state index contributed by atoms with van der Waals surface area (Å²) in [5, 5.41) is 11.7. The number of sulfone groups is 1. The van der Waals surface area contributed by atoms with Gasteiger partial charge in [0.05, 0.1) is 16.3 Å². The van der Waals surface area contributed by atoms with Gasteiger partial charge in [-0.25, -0.2) is 13.4 Å². The van der Waals surface area contributed by atoms with Crippen molar-refractivity contribution < 1.29 is 8.42 Å². The maximum atomic E-state index is 12.1. The first-order valence-electron chi connectivity index (χ1n) is 7.32. The number of thioether (sulfide) groups is 1. The summed E-state index contributed by atoms with van der Waals surface area (Å²) in [5.74, 6) is 0. The monoisotopic (exact) mass is 352 g/mol. The Labute approximate surface area is 141 Å². The lowest BCUT2D eigenvalue weighted by Gasteiger charge is -2.30. The van der Waals surface area contributed by atoms with Crippen LogP contribution in [0.15, 0.2) is 28.1 Å². The van der Waals surface area contributed by atoms with Crippen molar-refractivity contribution in [2.45, 2.75) is 24.2 Å². The topological polar surface area (TPSA) is 85.6 Å². The Kier molecular flexibility index (Phi) is 5.91. The van der Waals surface area contributed by atoms with E-state index in [-0.39, 0.29) is 0 Å². The first kappa shape index (κ1) is 17.6. The number of nitrogens with one attached hydrogen (secondary N) is 1. The van der Waals surface area contributed by atoms with Crippen molar-refractivity contribution in [1.29, 1.82) is 5.26 Å². The molecule has 0 unspecified atom stereocenters. The molecule has 1 aliphatic rings. The summed E-state index contributed by atoms with van der Waals surface area (Å²) in [6.45, 7) is 1.70. The second-order valence-corrected chi connectivity index (χ2v) is 8.11. The largest absolute Gasteiger partial charge is 0.370 e. The summed E-state index contributed by atoms with van der Waals surface area (Å²) in [6, 6.07) is 5.05. The highest BCUT2D eigenvalue weighted by Crippen LogP contribution is 2.32. The molecule has 8 heteroatoms. The van der Waals surface area contributed by atoms with Gasteiger partial charge in [-0.05, 0) is 43.7 Å². The van der Waals surface area contributed by atoms with Crippen molar-refractivity contribution in [1.82, 2.24) is 5.32 Å². The number of hydrogen-bond donors (Lipinski definition) is 1. The zero-order chi connectivity index (χ0) is 16.9. The molecule has 0 amide bonds. The van der Waals surface area contributed by atoms with Crippen molar-refractivity contribution in [3.8, 4) is 6.19 Å². The van der Waals surface area contributed by atoms with E-state index in [4.69, 9.17) is 5.26 Å². The first-order chi connectivity index (χ1) is 11.0. The summed E-state index contributed by atoms with van der Waals surface area (Å²) in [5.41, 5.74) is 1.33. The van der Waals surface area contributed by atoms with E-state index in [9.17, 15) is 8.42 Å². The molecule has 0 atom stereocenters. The first-order valence-corrected chi connectivity index (χ1v) is 10.4. The molecule has 0 aliphatic carbocycles. The van der Waals surface area contributed by atoms with E-state index in [1.54, 1.807) is 18.2 Å². The van der Waals surface area contributed by atoms with Crippen LogP contribution in [0, 0.1) is 11.5 Å². The molecule has 1 fully saturated rings. The Hall–Kier alpha value is -1.72. The van der Waals surface area contributed by atoms with Gasteiger partial charge in [0.2, 0.25) is 0 Å². The molecule has 2 rings (SSSR count). The Morgan fingerprint density at radius 2 is 2.04 bits per heavy atom. The number of nitriles is 1. The van der Waals surface area contributed by atoms with Crippen LogP contribution in [0.2, 0.25) is 0 Å². The van der Waals surface area contributed by atoms with E-state index < -0.39 is 9.84 Å². The van der Waals surface area contributed by atoms with E-state index in [1.165, 1.54) is 24.4 Å². The van der Waals surface area contributed by atoms with E-state index in [0.717, 1.165) is 25.9 Å². The van der Waals surface area contributed by atoms with E-state index in [0.29, 0.717) is 21.4 Å². The molecule has 0 aromatic heterocycles. The summed E-state index contributed by atoms with van der Waals surface area (Å²) in [4.78, 5) is 6.81. The zero-order valence-electron chi connectivity index (χ0n) is 13.2. The third kappa shape index (κ3) is 4.62. The minimum absolute atomic E-state index is 0.331. The molecule has 1 heterocycles. The van der Waals surface area contributed by atoms with E-state index >= 15 is 0 Å². The van der Waals surface area contributed by atoms with Crippen molar-refractivity contribution in [3.63, 3.8) is 0 Å². The molecular weight excluding hydrogens is 332 g/mol. The lowest BCUT2D eigenvalue weighted by molar-refractivity contribution is 0.572. The number of rotatable bonds is 3. The molecule has 1 aliphatic heterocycles. The molecule has 1 saturated heterocycles. The predicted molar refractivity (Wildman–Crippen MR) is 95.0 cm³/mol. The second kappa shape index (κ2) is 7.70. The third-order valence-corrected chi connectivity index (χ3v) is 5.35. The van der Waals surface area contributed by atoms with E-state index in [2.05, 4.69) is 15.2 Å². The minimum atomic E-state index is -3.31. The summed E-state index contributed by atoms with van der Waals surface area (Å²) >= 11 is 1.33. The van der Waals surface area contributed by atoms with Crippen molar-refractivity contribution >= 4 is 38.1 Å². The number of nitrogens with zero attached hydrogens (tertiary/aromatic N) is 3. The van der Waals surface area contributed by atoms with Crippen LogP contribution in [0.1, 0.15) is 19.3 Å². The Bertz CT molecular complexity index is 732. The highest BCUT2D eigenvalue weighted by Gasteiger charge is 2.20. The summed E-state index contributed by atoms with van der Waals surface area (Å²) in [6.07, 6.45) is 8.18. The van der Waals surface area contributed by atoms with Crippen LogP contribution in [0.3, 0.4) is 0 Å². The van der Waals surface area contributed by atoms with Gasteiger partial charge in [-0.2, -0.15) is 5.26 Å². The zero-order valence-corrected chi connectivity index (χ0v) is 14.9. The molecule has 1 aromatic carbocycles. The number of anilines is 1. The van der Waals surface area contributed by atoms with Gasteiger partial charge in [-0.1, -0.05) is 11.8 Å². The predicted octanol–water partition coefficient (Wildman–Crippen LogP) is 2.50. The van der Waals surface area contributed by atoms with Gasteiger partial charge in [0, 0.05) is 19.3 Å². The van der Waals surface area contributed by atoms with Crippen molar-refractivity contribution in [3.05, 3.63) is 18.2 Å². The van der Waals surface area contributed by atoms with Gasteiger partial charge in [-0.15, -0.1) is 0 Å². The van der Waals surface area contributed by atoms with Crippen LogP contribution < -0.4 is 10.2 Å². The fourth-order valence-corrected chi connectivity index (χ4v) is 3.79. The van der Waals surface area contributed by atoms with Crippen LogP contribution in [-0.2, 0) is 9.84 Å². The molecule has 0 bridgehead atoms. The van der Waals surface area contributed by atoms with Crippen LogP contribution in [0.5, 0.6) is 0 Å². The van der Waals surface area contributed by atoms with Gasteiger partial charge < -0.3 is 4.90 Å². The minimum Gasteiger partial charge on any atom is -0.370 e. The normalized spacial score (nSPS) is 16.0. The van der Waals surface area contributed by atoms with Crippen LogP contribution in [0.4, 0.5) is 11.4 Å². The fraction of sp³-hybridized carbons (Fsp3) is 0.467. The summed E-state index contributed by atoms with van der Waals surface area (Å²) in [7, 11) is -3.31. The smallest absolute Gasteiger partial charge is 0.183 e. The number of aliphatic imine (C=N–C) groups is 1. The quantitative estimate of drug-likeness (QED) is 0.389. The average Bonchev–Trinajstić information content (AvgIpc) is 2.54. The van der Waals surface area contributed by atoms with E-state index in [1.807, 2.05) is 12.4 Å². The lowest BCUT2D eigenvalue weighted by Crippen LogP contribution is -2.30. The van der Waals surface area contributed by atoms with Gasteiger partial charge in [0.25, 0.3) is 0 Å². The second-order valence-electron chi connectivity index (χ2n) is 5.33. The Balaban J connectivity index is 2.47. The van der Waals surface area contributed by atoms with Crippen molar-refractivity contribution in [2.24, 2.45) is 4.99 Å². The highest BCUT2D eigenvalue weighted by molar-refractivity contribution is 8.13. The van der Waals surface area contributed by atoms with Gasteiger partial charge in [0.1, 0.15) is 0 Å². The average molecular weight is 352 g/mol.